The van der Waals surface area contributed by atoms with Crippen molar-refractivity contribution in [2.45, 2.75) is 18.6 Å². The number of fused-ring (bicyclic) bond motifs is 1. The van der Waals surface area contributed by atoms with Crippen molar-refractivity contribution in [3.05, 3.63) is 41.7 Å². The van der Waals surface area contributed by atoms with Gasteiger partial charge in [-0.15, -0.1) is 0 Å². The highest BCUT2D eigenvalue weighted by molar-refractivity contribution is 5.94. The predicted molar refractivity (Wildman–Crippen MR) is 80.7 cm³/mol. The van der Waals surface area contributed by atoms with Crippen LogP contribution in [0.1, 0.15) is 15.9 Å². The summed E-state index contributed by atoms with van der Waals surface area (Å²) in [7, 11) is 0. The van der Waals surface area contributed by atoms with Crippen molar-refractivity contribution in [1.29, 1.82) is 0 Å². The number of benzene rings is 1. The quantitative estimate of drug-likeness (QED) is 0.876. The fraction of sp³-hybridized carbons (Fsp3) is 0.375. The van der Waals surface area contributed by atoms with Crippen molar-refractivity contribution in [2.75, 3.05) is 19.8 Å². The van der Waals surface area contributed by atoms with Crippen LogP contribution in [0.2, 0.25) is 0 Å². The van der Waals surface area contributed by atoms with Gasteiger partial charge in [0.15, 0.2) is 5.75 Å². The van der Waals surface area contributed by atoms with Gasteiger partial charge in [0.05, 0.1) is 38.3 Å². The molecule has 0 saturated carbocycles. The first-order valence-electron chi connectivity index (χ1n) is 7.59. The number of aromatic amines is 1. The Kier molecular flexibility index (Phi) is 3.63. The number of carbonyl (C=O) groups excluding carboxylic acids is 1. The molecule has 0 aliphatic carbocycles. The molecular weight excluding hydrogens is 298 g/mol. The third-order valence-electron chi connectivity index (χ3n) is 4.06. The molecule has 7 nitrogen and oxygen atoms in total. The van der Waals surface area contributed by atoms with Crippen molar-refractivity contribution < 1.29 is 19.0 Å². The lowest BCUT2D eigenvalue weighted by Gasteiger charge is -2.19. The number of amides is 1. The number of aromatic nitrogens is 2. The predicted octanol–water partition coefficient (Wildman–Crippen LogP) is 0.921. The molecule has 2 aromatic rings. The number of rotatable bonds is 4. The van der Waals surface area contributed by atoms with Crippen LogP contribution in [0.4, 0.5) is 0 Å². The molecule has 1 aromatic carbocycles. The zero-order valence-corrected chi connectivity index (χ0v) is 12.5. The Morgan fingerprint density at radius 1 is 1.39 bits per heavy atom. The lowest BCUT2D eigenvalue weighted by Crippen LogP contribution is -2.45. The summed E-state index contributed by atoms with van der Waals surface area (Å²) in [6.07, 6.45) is 3.87. The van der Waals surface area contributed by atoms with Crippen molar-refractivity contribution in [1.82, 2.24) is 15.5 Å². The maximum atomic E-state index is 12.5. The summed E-state index contributed by atoms with van der Waals surface area (Å²) in [6.45, 7) is 1.55. The van der Waals surface area contributed by atoms with Crippen LogP contribution < -0.4 is 14.8 Å². The first-order valence-corrected chi connectivity index (χ1v) is 7.59. The molecule has 120 valence electrons. The highest BCUT2D eigenvalue weighted by Gasteiger charge is 2.32. The summed E-state index contributed by atoms with van der Waals surface area (Å²) < 4.78 is 16.7. The molecule has 0 bridgehead atoms. The van der Waals surface area contributed by atoms with E-state index >= 15 is 0 Å². The normalized spacial score (nSPS) is 22.4. The third kappa shape index (κ3) is 2.87. The van der Waals surface area contributed by atoms with E-state index in [0.29, 0.717) is 31.1 Å². The van der Waals surface area contributed by atoms with E-state index in [1.165, 1.54) is 0 Å². The maximum absolute atomic E-state index is 12.5. The molecule has 1 aromatic heterocycles. The molecule has 2 atom stereocenters. The highest BCUT2D eigenvalue weighted by Crippen LogP contribution is 2.26. The number of nitrogens with zero attached hydrogens (tertiary/aromatic N) is 1. The van der Waals surface area contributed by atoms with Crippen molar-refractivity contribution in [2.24, 2.45) is 0 Å². The van der Waals surface area contributed by atoms with Gasteiger partial charge in [-0.3, -0.25) is 9.89 Å². The van der Waals surface area contributed by atoms with Gasteiger partial charge in [0.2, 0.25) is 0 Å². The largest absolute Gasteiger partial charge is 0.493 e. The van der Waals surface area contributed by atoms with Crippen molar-refractivity contribution in [3.8, 4) is 11.5 Å². The second kappa shape index (κ2) is 5.92. The van der Waals surface area contributed by atoms with E-state index in [1.807, 2.05) is 12.1 Å². The lowest BCUT2D eigenvalue weighted by molar-refractivity contribution is 0.0904. The molecule has 4 rings (SSSR count). The molecule has 2 N–H and O–H groups in total. The molecule has 23 heavy (non-hydrogen) atoms. The second-order valence-corrected chi connectivity index (χ2v) is 5.63. The molecule has 7 heteroatoms. The Bertz CT molecular complexity index is 701. The SMILES string of the molecule is O=C(N[C@H]1COC[C@H]1Oc1cn[nH]c1)c1ccc2c(c1)CCO2. The van der Waals surface area contributed by atoms with E-state index in [4.69, 9.17) is 14.2 Å². The summed E-state index contributed by atoms with van der Waals surface area (Å²) in [4.78, 5) is 12.5. The number of hydrogen-bond acceptors (Lipinski definition) is 5. The van der Waals surface area contributed by atoms with Crippen LogP contribution in [-0.4, -0.2) is 48.1 Å². The van der Waals surface area contributed by atoms with Gasteiger partial charge in [0.25, 0.3) is 5.91 Å². The summed E-state index contributed by atoms with van der Waals surface area (Å²) in [5.74, 6) is 1.37. The monoisotopic (exact) mass is 315 g/mol. The van der Waals surface area contributed by atoms with Crippen molar-refractivity contribution in [3.63, 3.8) is 0 Å². The van der Waals surface area contributed by atoms with Gasteiger partial charge >= 0.3 is 0 Å². The van der Waals surface area contributed by atoms with Crippen LogP contribution in [0.5, 0.6) is 11.5 Å². The minimum Gasteiger partial charge on any atom is -0.493 e. The van der Waals surface area contributed by atoms with E-state index < -0.39 is 0 Å². The zero-order chi connectivity index (χ0) is 15.6. The van der Waals surface area contributed by atoms with Crippen LogP contribution >= 0.6 is 0 Å². The summed E-state index contributed by atoms with van der Waals surface area (Å²) in [6, 6.07) is 5.32. The first kappa shape index (κ1) is 14.1. The summed E-state index contributed by atoms with van der Waals surface area (Å²) >= 11 is 0. The average molecular weight is 315 g/mol. The average Bonchev–Trinajstić information content (AvgIpc) is 3.29. The zero-order valence-electron chi connectivity index (χ0n) is 12.5. The van der Waals surface area contributed by atoms with E-state index in [2.05, 4.69) is 15.5 Å². The lowest BCUT2D eigenvalue weighted by atomic mass is 10.1. The molecule has 0 unspecified atom stereocenters. The molecule has 2 aliphatic rings. The van der Waals surface area contributed by atoms with Crippen LogP contribution in [0.3, 0.4) is 0 Å². The molecule has 1 fully saturated rings. The summed E-state index contributed by atoms with van der Waals surface area (Å²) in [5, 5.41) is 9.52. The fourth-order valence-electron chi connectivity index (χ4n) is 2.84. The minimum absolute atomic E-state index is 0.129. The number of H-pyrrole nitrogens is 1. The number of ether oxygens (including phenoxy) is 3. The van der Waals surface area contributed by atoms with Gasteiger partial charge in [-0.25, -0.2) is 0 Å². The molecule has 1 amide bonds. The van der Waals surface area contributed by atoms with E-state index in [1.54, 1.807) is 18.5 Å². The molecule has 2 aliphatic heterocycles. The third-order valence-corrected chi connectivity index (χ3v) is 4.06. The molecule has 0 spiro atoms. The van der Waals surface area contributed by atoms with Gasteiger partial charge in [-0.2, -0.15) is 5.10 Å². The Balaban J connectivity index is 1.43. The van der Waals surface area contributed by atoms with Crippen LogP contribution in [0.25, 0.3) is 0 Å². The second-order valence-electron chi connectivity index (χ2n) is 5.63. The summed E-state index contributed by atoms with van der Waals surface area (Å²) in [5.41, 5.74) is 1.70. The Labute approximate surface area is 132 Å². The van der Waals surface area contributed by atoms with Gasteiger partial charge in [0, 0.05) is 12.0 Å². The first-order chi connectivity index (χ1) is 11.3. The number of nitrogens with one attached hydrogen (secondary N) is 2. The van der Waals surface area contributed by atoms with Crippen molar-refractivity contribution >= 4 is 5.91 Å². The molecule has 0 radical (unpaired) electrons. The van der Waals surface area contributed by atoms with Crippen LogP contribution in [-0.2, 0) is 11.2 Å². The van der Waals surface area contributed by atoms with Crippen LogP contribution in [0, 0.1) is 0 Å². The van der Waals surface area contributed by atoms with Crippen LogP contribution in [0.15, 0.2) is 30.6 Å². The molecular formula is C16H17N3O4. The van der Waals surface area contributed by atoms with Gasteiger partial charge in [-0.1, -0.05) is 0 Å². The van der Waals surface area contributed by atoms with E-state index in [-0.39, 0.29) is 18.1 Å². The topological polar surface area (TPSA) is 85.5 Å². The smallest absolute Gasteiger partial charge is 0.251 e. The maximum Gasteiger partial charge on any atom is 0.251 e. The molecule has 1 saturated heterocycles. The standard InChI is InChI=1S/C16H17N3O4/c20-16(11-1-2-14-10(5-11)3-4-22-14)19-13-8-21-9-15(13)23-12-6-17-18-7-12/h1-2,5-7,13,15H,3-4,8-9H2,(H,17,18)(H,19,20)/t13-,15+/m0/s1. The fourth-order valence-corrected chi connectivity index (χ4v) is 2.84. The number of hydrogen-bond donors (Lipinski definition) is 2. The highest BCUT2D eigenvalue weighted by atomic mass is 16.5. The van der Waals surface area contributed by atoms with Gasteiger partial charge in [-0.05, 0) is 23.8 Å². The van der Waals surface area contributed by atoms with Gasteiger partial charge in [0.1, 0.15) is 11.9 Å². The van der Waals surface area contributed by atoms with E-state index in [9.17, 15) is 4.79 Å². The number of carbonyl (C=O) groups is 1. The Hall–Kier alpha value is -2.54. The Morgan fingerprint density at radius 3 is 3.22 bits per heavy atom. The van der Waals surface area contributed by atoms with E-state index in [0.717, 1.165) is 17.7 Å². The minimum atomic E-state index is -0.227. The van der Waals surface area contributed by atoms with Gasteiger partial charge < -0.3 is 19.5 Å². The molecule has 3 heterocycles. The Morgan fingerprint density at radius 2 is 2.35 bits per heavy atom.